The van der Waals surface area contributed by atoms with Gasteiger partial charge in [-0.3, -0.25) is 4.90 Å². The van der Waals surface area contributed by atoms with E-state index in [0.29, 0.717) is 23.5 Å². The van der Waals surface area contributed by atoms with Crippen LogP contribution < -0.4 is 10.2 Å². The summed E-state index contributed by atoms with van der Waals surface area (Å²) in [5.74, 6) is 1.79. The van der Waals surface area contributed by atoms with Crippen molar-refractivity contribution in [1.82, 2.24) is 20.0 Å². The average Bonchev–Trinajstić information content (AvgIpc) is 3.16. The van der Waals surface area contributed by atoms with Crippen LogP contribution >= 0.6 is 0 Å². The fourth-order valence-corrected chi connectivity index (χ4v) is 4.46. The summed E-state index contributed by atoms with van der Waals surface area (Å²) in [6.07, 6.45) is 5.99. The largest absolute Gasteiger partial charge is 0.354 e. The molecule has 0 bridgehead atoms. The lowest BCUT2D eigenvalue weighted by molar-refractivity contribution is 0.0994. The van der Waals surface area contributed by atoms with Crippen molar-refractivity contribution in [2.45, 2.75) is 25.8 Å². The minimum Gasteiger partial charge on any atom is -0.354 e. The highest BCUT2D eigenvalue weighted by atomic mass is 19.1. The monoisotopic (exact) mass is 396 g/mol. The molecule has 4 heterocycles. The number of benzene rings is 1. The van der Waals surface area contributed by atoms with Crippen LogP contribution in [0.15, 0.2) is 35.1 Å². The van der Waals surface area contributed by atoms with Gasteiger partial charge in [0, 0.05) is 51.2 Å². The number of fused-ring (bicyclic) bond motifs is 2. The molecule has 1 N–H and O–H groups in total. The van der Waals surface area contributed by atoms with Crippen LogP contribution in [0.1, 0.15) is 18.4 Å². The van der Waals surface area contributed by atoms with Crippen LogP contribution in [0.2, 0.25) is 0 Å². The number of halogens is 1. The molecule has 0 aliphatic carbocycles. The van der Waals surface area contributed by atoms with Gasteiger partial charge in [0.1, 0.15) is 5.82 Å². The third-order valence-electron chi connectivity index (χ3n) is 6.05. The molecule has 2 aromatic heterocycles. The van der Waals surface area contributed by atoms with Crippen molar-refractivity contribution in [1.29, 1.82) is 0 Å². The molecule has 5 rings (SSSR count). The lowest BCUT2D eigenvalue weighted by Crippen LogP contribution is -2.57. The molecule has 2 fully saturated rings. The van der Waals surface area contributed by atoms with Crippen molar-refractivity contribution in [2.75, 3.05) is 42.9 Å². The maximum absolute atomic E-state index is 13.7. The topological polar surface area (TPSA) is 70.3 Å². The second-order valence-corrected chi connectivity index (χ2v) is 8.15. The van der Waals surface area contributed by atoms with E-state index in [1.807, 2.05) is 19.3 Å². The number of piperidine rings is 1. The minimum absolute atomic E-state index is 0.258. The van der Waals surface area contributed by atoms with E-state index in [-0.39, 0.29) is 5.82 Å². The number of hydrogen-bond donors (Lipinski definition) is 1. The molecule has 0 saturated carbocycles. The third kappa shape index (κ3) is 3.76. The number of nitrogens with one attached hydrogen (secondary N) is 1. The Kier molecular flexibility index (Phi) is 4.79. The standard InChI is InChI=1S/C21H25FN6O/c1-14-9-23-21(24-10-14)25-11-15-2-4-17-13-28(7-6-27(17)12-15)20-18-8-16(22)3-5-19(18)29-26-20/h3,5,8-10,15,17H,2,4,6-7,11-13H2,1H3,(H,23,24,25). The molecule has 3 aromatic rings. The number of nitrogens with zero attached hydrogens (tertiary/aromatic N) is 5. The zero-order valence-electron chi connectivity index (χ0n) is 16.5. The molecular formula is C21H25FN6O. The van der Waals surface area contributed by atoms with Gasteiger partial charge in [0.2, 0.25) is 5.95 Å². The van der Waals surface area contributed by atoms with E-state index in [2.05, 4.69) is 30.2 Å². The van der Waals surface area contributed by atoms with Crippen molar-refractivity contribution in [2.24, 2.45) is 5.92 Å². The van der Waals surface area contributed by atoms with Gasteiger partial charge >= 0.3 is 0 Å². The number of anilines is 2. The Hall–Kier alpha value is -2.74. The van der Waals surface area contributed by atoms with Gasteiger partial charge in [0.15, 0.2) is 11.4 Å². The van der Waals surface area contributed by atoms with E-state index in [0.717, 1.165) is 55.9 Å². The van der Waals surface area contributed by atoms with Crippen LogP contribution in [-0.4, -0.2) is 58.8 Å². The van der Waals surface area contributed by atoms with Crippen LogP contribution in [0.3, 0.4) is 0 Å². The van der Waals surface area contributed by atoms with Crippen molar-refractivity contribution in [3.05, 3.63) is 42.0 Å². The number of piperazine rings is 1. The van der Waals surface area contributed by atoms with Crippen molar-refractivity contribution >= 4 is 22.7 Å². The summed E-state index contributed by atoms with van der Waals surface area (Å²) in [7, 11) is 0. The fraction of sp³-hybridized carbons (Fsp3) is 0.476. The quantitative estimate of drug-likeness (QED) is 0.727. The van der Waals surface area contributed by atoms with E-state index in [1.54, 1.807) is 6.07 Å². The van der Waals surface area contributed by atoms with E-state index >= 15 is 0 Å². The zero-order chi connectivity index (χ0) is 19.8. The van der Waals surface area contributed by atoms with Gasteiger partial charge in [-0.1, -0.05) is 5.16 Å². The molecule has 2 atom stereocenters. The third-order valence-corrected chi connectivity index (χ3v) is 6.05. The van der Waals surface area contributed by atoms with Gasteiger partial charge in [-0.25, -0.2) is 14.4 Å². The fourth-order valence-electron chi connectivity index (χ4n) is 4.46. The summed E-state index contributed by atoms with van der Waals surface area (Å²) in [6, 6.07) is 5.07. The first-order chi connectivity index (χ1) is 14.2. The molecule has 7 nitrogen and oxygen atoms in total. The molecule has 2 unspecified atom stereocenters. The zero-order valence-corrected chi connectivity index (χ0v) is 16.5. The normalized spacial score (nSPS) is 22.6. The molecule has 0 spiro atoms. The summed E-state index contributed by atoms with van der Waals surface area (Å²) in [4.78, 5) is 13.5. The van der Waals surface area contributed by atoms with Crippen LogP contribution in [0, 0.1) is 18.7 Å². The highest BCUT2D eigenvalue weighted by Crippen LogP contribution is 2.31. The lowest BCUT2D eigenvalue weighted by Gasteiger charge is -2.46. The second kappa shape index (κ2) is 7.59. The number of aromatic nitrogens is 3. The molecule has 0 amide bonds. The first-order valence-electron chi connectivity index (χ1n) is 10.2. The predicted octanol–water partition coefficient (Wildman–Crippen LogP) is 3.08. The van der Waals surface area contributed by atoms with Crippen LogP contribution in [-0.2, 0) is 0 Å². The van der Waals surface area contributed by atoms with Crippen LogP contribution in [0.25, 0.3) is 11.0 Å². The summed E-state index contributed by atoms with van der Waals surface area (Å²) in [5.41, 5.74) is 1.70. The first-order valence-corrected chi connectivity index (χ1v) is 10.2. The smallest absolute Gasteiger partial charge is 0.222 e. The molecule has 0 radical (unpaired) electrons. The van der Waals surface area contributed by atoms with E-state index < -0.39 is 0 Å². The number of aryl methyl sites for hydroxylation is 1. The summed E-state index contributed by atoms with van der Waals surface area (Å²) < 4.78 is 19.1. The van der Waals surface area contributed by atoms with E-state index in [9.17, 15) is 4.39 Å². The summed E-state index contributed by atoms with van der Waals surface area (Å²) in [5, 5.41) is 8.36. The van der Waals surface area contributed by atoms with Crippen molar-refractivity contribution < 1.29 is 8.91 Å². The first kappa shape index (κ1) is 18.3. The molecule has 2 aliphatic rings. The van der Waals surface area contributed by atoms with Crippen LogP contribution in [0.4, 0.5) is 16.2 Å². The minimum atomic E-state index is -0.258. The molecule has 8 heteroatoms. The van der Waals surface area contributed by atoms with Gasteiger partial charge in [-0.2, -0.15) is 0 Å². The molecule has 152 valence electrons. The SMILES string of the molecule is Cc1cnc(NCC2CCC3CN(c4noc5ccc(F)cc45)CCN3C2)nc1. The number of hydrogen-bond acceptors (Lipinski definition) is 7. The Morgan fingerprint density at radius 3 is 2.90 bits per heavy atom. The molecule has 2 saturated heterocycles. The van der Waals surface area contributed by atoms with Crippen LogP contribution in [0.5, 0.6) is 0 Å². The number of rotatable bonds is 4. The Balaban J connectivity index is 1.20. The predicted molar refractivity (Wildman–Crippen MR) is 110 cm³/mol. The molecule has 2 aliphatic heterocycles. The van der Waals surface area contributed by atoms with Crippen molar-refractivity contribution in [3.8, 4) is 0 Å². The maximum Gasteiger partial charge on any atom is 0.222 e. The maximum atomic E-state index is 13.7. The van der Waals surface area contributed by atoms with Gasteiger partial charge in [0.05, 0.1) is 5.39 Å². The van der Waals surface area contributed by atoms with E-state index in [1.165, 1.54) is 18.6 Å². The Labute approximate surface area is 168 Å². The summed E-state index contributed by atoms with van der Waals surface area (Å²) in [6.45, 7) is 6.71. The Bertz CT molecular complexity index is 991. The van der Waals surface area contributed by atoms with Gasteiger partial charge in [-0.15, -0.1) is 0 Å². The Morgan fingerprint density at radius 2 is 2.03 bits per heavy atom. The van der Waals surface area contributed by atoms with Gasteiger partial charge in [0.25, 0.3) is 0 Å². The molecule has 1 aromatic carbocycles. The highest BCUT2D eigenvalue weighted by Gasteiger charge is 2.34. The van der Waals surface area contributed by atoms with Gasteiger partial charge in [-0.05, 0) is 49.4 Å². The summed E-state index contributed by atoms with van der Waals surface area (Å²) >= 11 is 0. The molecular weight excluding hydrogens is 371 g/mol. The van der Waals surface area contributed by atoms with Gasteiger partial charge < -0.3 is 14.7 Å². The van der Waals surface area contributed by atoms with Crippen molar-refractivity contribution in [3.63, 3.8) is 0 Å². The highest BCUT2D eigenvalue weighted by molar-refractivity contribution is 5.88. The average molecular weight is 396 g/mol. The Morgan fingerprint density at radius 1 is 1.17 bits per heavy atom. The lowest BCUT2D eigenvalue weighted by atomic mass is 9.91. The van der Waals surface area contributed by atoms with E-state index in [4.69, 9.17) is 4.52 Å². The molecule has 29 heavy (non-hydrogen) atoms. The second-order valence-electron chi connectivity index (χ2n) is 8.15.